The molecule has 82 valence electrons. The highest BCUT2D eigenvalue weighted by Gasteiger charge is 2.20. The summed E-state index contributed by atoms with van der Waals surface area (Å²) in [5.74, 6) is 0. The molecule has 1 N–H and O–H groups in total. The predicted octanol–water partition coefficient (Wildman–Crippen LogP) is 4.22. The second kappa shape index (κ2) is 5.09. The van der Waals surface area contributed by atoms with Crippen LogP contribution < -0.4 is 5.32 Å². The van der Waals surface area contributed by atoms with Gasteiger partial charge in [0.05, 0.1) is 10.4 Å². The third-order valence-corrected chi connectivity index (χ3v) is 5.12. The maximum atomic E-state index is 5.97. The average Bonchev–Trinajstić information content (AvgIpc) is 2.22. The standard InChI is InChI=1S/C11H13BrClNS/c1-7-4-5-14-11(15-7)8-2-3-10(13)9(12)6-8/h2-3,6-7,11,14H,4-5H2,1H3. The molecule has 0 spiro atoms. The molecule has 1 aromatic carbocycles. The van der Waals surface area contributed by atoms with Crippen LogP contribution in [-0.2, 0) is 0 Å². The quantitative estimate of drug-likeness (QED) is 0.834. The number of benzene rings is 1. The highest BCUT2D eigenvalue weighted by Crippen LogP contribution is 2.36. The average molecular weight is 307 g/mol. The minimum absolute atomic E-state index is 0.405. The van der Waals surface area contributed by atoms with E-state index in [0.717, 1.165) is 21.3 Å². The summed E-state index contributed by atoms with van der Waals surface area (Å²) in [6.45, 7) is 3.38. The first-order valence-corrected chi connectivity index (χ1v) is 7.12. The van der Waals surface area contributed by atoms with Crippen LogP contribution in [0.3, 0.4) is 0 Å². The molecule has 15 heavy (non-hydrogen) atoms. The summed E-state index contributed by atoms with van der Waals surface area (Å²) in [5, 5.41) is 5.41. The Labute approximate surface area is 108 Å². The maximum Gasteiger partial charge on any atom is 0.0792 e. The topological polar surface area (TPSA) is 12.0 Å². The Hall–Kier alpha value is 0.300. The van der Waals surface area contributed by atoms with Crippen molar-refractivity contribution >= 4 is 39.3 Å². The van der Waals surface area contributed by atoms with E-state index in [1.807, 2.05) is 17.8 Å². The molecule has 2 unspecified atom stereocenters. The van der Waals surface area contributed by atoms with Crippen molar-refractivity contribution in [1.29, 1.82) is 0 Å². The summed E-state index contributed by atoms with van der Waals surface area (Å²) in [4.78, 5) is 0. The van der Waals surface area contributed by atoms with Crippen LogP contribution in [0.1, 0.15) is 24.3 Å². The molecule has 1 nitrogen and oxygen atoms in total. The van der Waals surface area contributed by atoms with Gasteiger partial charge in [0, 0.05) is 9.72 Å². The second-order valence-electron chi connectivity index (χ2n) is 3.74. The fraction of sp³-hybridized carbons (Fsp3) is 0.455. The molecule has 1 aliphatic rings. The van der Waals surface area contributed by atoms with Gasteiger partial charge in [-0.2, -0.15) is 0 Å². The summed E-state index contributed by atoms with van der Waals surface area (Å²) >= 11 is 11.4. The monoisotopic (exact) mass is 305 g/mol. The minimum atomic E-state index is 0.405. The number of rotatable bonds is 1. The lowest BCUT2D eigenvalue weighted by molar-refractivity contribution is 0.605. The van der Waals surface area contributed by atoms with Gasteiger partial charge in [0.15, 0.2) is 0 Å². The molecule has 1 fully saturated rings. The molecule has 1 saturated heterocycles. The first kappa shape index (κ1) is 11.8. The third-order valence-electron chi connectivity index (χ3n) is 2.50. The Kier molecular flexibility index (Phi) is 3.99. The van der Waals surface area contributed by atoms with E-state index in [9.17, 15) is 0 Å². The molecular weight excluding hydrogens is 294 g/mol. The second-order valence-corrected chi connectivity index (χ2v) is 6.55. The summed E-state index contributed by atoms with van der Waals surface area (Å²) in [5.41, 5.74) is 1.29. The van der Waals surface area contributed by atoms with Crippen LogP contribution in [-0.4, -0.2) is 11.8 Å². The van der Waals surface area contributed by atoms with Crippen LogP contribution in [0.2, 0.25) is 5.02 Å². The van der Waals surface area contributed by atoms with Gasteiger partial charge in [-0.1, -0.05) is 24.6 Å². The molecule has 0 radical (unpaired) electrons. The first-order chi connectivity index (χ1) is 7.16. The molecule has 0 saturated carbocycles. The number of halogens is 2. The largest absolute Gasteiger partial charge is 0.302 e. The van der Waals surface area contributed by atoms with E-state index in [1.165, 1.54) is 12.0 Å². The van der Waals surface area contributed by atoms with Crippen molar-refractivity contribution < 1.29 is 0 Å². The van der Waals surface area contributed by atoms with Crippen molar-refractivity contribution in [2.45, 2.75) is 24.0 Å². The maximum absolute atomic E-state index is 5.97. The lowest BCUT2D eigenvalue weighted by Crippen LogP contribution is -2.28. The molecule has 0 bridgehead atoms. The molecule has 1 aliphatic heterocycles. The van der Waals surface area contributed by atoms with Crippen molar-refractivity contribution in [3.05, 3.63) is 33.3 Å². The van der Waals surface area contributed by atoms with Crippen LogP contribution in [0.15, 0.2) is 22.7 Å². The normalized spacial score (nSPS) is 26.6. The van der Waals surface area contributed by atoms with E-state index in [1.54, 1.807) is 0 Å². The van der Waals surface area contributed by atoms with E-state index in [4.69, 9.17) is 11.6 Å². The number of nitrogens with one attached hydrogen (secondary N) is 1. The van der Waals surface area contributed by atoms with E-state index < -0.39 is 0 Å². The van der Waals surface area contributed by atoms with Gasteiger partial charge in [-0.25, -0.2) is 0 Å². The zero-order valence-electron chi connectivity index (χ0n) is 8.47. The van der Waals surface area contributed by atoms with Crippen molar-refractivity contribution in [1.82, 2.24) is 5.32 Å². The third kappa shape index (κ3) is 2.90. The van der Waals surface area contributed by atoms with E-state index in [0.29, 0.717) is 5.37 Å². The molecular formula is C11H13BrClNS. The van der Waals surface area contributed by atoms with Crippen molar-refractivity contribution in [3.63, 3.8) is 0 Å². The zero-order chi connectivity index (χ0) is 10.8. The fourth-order valence-corrected chi connectivity index (χ4v) is 3.39. The van der Waals surface area contributed by atoms with Crippen LogP contribution in [0.4, 0.5) is 0 Å². The molecule has 1 heterocycles. The molecule has 4 heteroatoms. The summed E-state index contributed by atoms with van der Waals surface area (Å²) in [6, 6.07) is 6.14. The number of hydrogen-bond donors (Lipinski definition) is 1. The van der Waals surface area contributed by atoms with Crippen LogP contribution in [0.5, 0.6) is 0 Å². The first-order valence-electron chi connectivity index (χ1n) is 5.00. The van der Waals surface area contributed by atoms with E-state index >= 15 is 0 Å². The van der Waals surface area contributed by atoms with Gasteiger partial charge in [0.25, 0.3) is 0 Å². The molecule has 2 rings (SSSR count). The van der Waals surface area contributed by atoms with Crippen LogP contribution in [0.25, 0.3) is 0 Å². The van der Waals surface area contributed by atoms with Gasteiger partial charge in [-0.05, 0) is 46.6 Å². The smallest absolute Gasteiger partial charge is 0.0792 e. The molecule has 0 aliphatic carbocycles. The van der Waals surface area contributed by atoms with Crippen LogP contribution >= 0.6 is 39.3 Å². The van der Waals surface area contributed by atoms with Crippen molar-refractivity contribution in [2.75, 3.05) is 6.54 Å². The van der Waals surface area contributed by atoms with Gasteiger partial charge in [0.2, 0.25) is 0 Å². The Morgan fingerprint density at radius 1 is 1.53 bits per heavy atom. The number of thioether (sulfide) groups is 1. The lowest BCUT2D eigenvalue weighted by atomic mass is 10.2. The van der Waals surface area contributed by atoms with Crippen molar-refractivity contribution in [3.8, 4) is 0 Å². The fourth-order valence-electron chi connectivity index (χ4n) is 1.64. The molecule has 0 amide bonds. The van der Waals surface area contributed by atoms with Gasteiger partial charge < -0.3 is 5.32 Å². The van der Waals surface area contributed by atoms with Crippen molar-refractivity contribution in [2.24, 2.45) is 0 Å². The number of hydrogen-bond acceptors (Lipinski definition) is 2. The SMILES string of the molecule is CC1CCNC(c2ccc(Cl)c(Br)c2)S1. The minimum Gasteiger partial charge on any atom is -0.302 e. The van der Waals surface area contributed by atoms with Crippen LogP contribution in [0, 0.1) is 0 Å². The summed E-state index contributed by atoms with van der Waals surface area (Å²) < 4.78 is 0.974. The summed E-state index contributed by atoms with van der Waals surface area (Å²) in [6.07, 6.45) is 1.25. The highest BCUT2D eigenvalue weighted by molar-refractivity contribution is 9.10. The Morgan fingerprint density at radius 3 is 3.00 bits per heavy atom. The molecule has 2 atom stereocenters. The lowest BCUT2D eigenvalue weighted by Gasteiger charge is -2.28. The molecule has 1 aromatic rings. The van der Waals surface area contributed by atoms with Gasteiger partial charge in [-0.3, -0.25) is 0 Å². The van der Waals surface area contributed by atoms with E-state index in [2.05, 4.69) is 40.3 Å². The van der Waals surface area contributed by atoms with E-state index in [-0.39, 0.29) is 0 Å². The Morgan fingerprint density at radius 2 is 2.33 bits per heavy atom. The Balaban J connectivity index is 2.18. The Bertz CT molecular complexity index is 358. The van der Waals surface area contributed by atoms with Gasteiger partial charge >= 0.3 is 0 Å². The summed E-state index contributed by atoms with van der Waals surface area (Å²) in [7, 11) is 0. The zero-order valence-corrected chi connectivity index (χ0v) is 11.6. The molecule has 0 aromatic heterocycles. The predicted molar refractivity (Wildman–Crippen MR) is 71.6 cm³/mol. The van der Waals surface area contributed by atoms with Gasteiger partial charge in [0.1, 0.15) is 0 Å². The van der Waals surface area contributed by atoms with Gasteiger partial charge in [-0.15, -0.1) is 11.8 Å². The highest BCUT2D eigenvalue weighted by atomic mass is 79.9.